The first kappa shape index (κ1) is 38.5. The molecule has 1 saturated heterocycles. The van der Waals surface area contributed by atoms with Gasteiger partial charge in [-0.25, -0.2) is 15.2 Å². The normalized spacial score (nSPS) is 22.4. The van der Waals surface area contributed by atoms with Gasteiger partial charge in [-0.1, -0.05) is 27.7 Å². The summed E-state index contributed by atoms with van der Waals surface area (Å²) in [5, 5.41) is 16.7. The summed E-state index contributed by atoms with van der Waals surface area (Å²) in [5.74, 6) is -2.43. The summed E-state index contributed by atoms with van der Waals surface area (Å²) in [6, 6.07) is -2.14. The fourth-order valence-corrected chi connectivity index (χ4v) is 7.06. The Kier molecular flexibility index (Phi) is 14.3. The zero-order chi connectivity index (χ0) is 34.9. The molecular formula is C29H49FN7O9P. The summed E-state index contributed by atoms with van der Waals surface area (Å²) >= 11 is 0. The van der Waals surface area contributed by atoms with Crippen LogP contribution >= 0.6 is 7.67 Å². The average molecular weight is 690 g/mol. The molecule has 0 aromatic carbocycles. The van der Waals surface area contributed by atoms with Crippen molar-refractivity contribution in [2.75, 3.05) is 38.8 Å². The molecule has 1 aliphatic heterocycles. The van der Waals surface area contributed by atoms with Gasteiger partial charge in [-0.2, -0.15) is 9.97 Å². The van der Waals surface area contributed by atoms with Crippen LogP contribution in [0.2, 0.25) is 0 Å². The van der Waals surface area contributed by atoms with E-state index >= 15 is 0 Å². The molecule has 47 heavy (non-hydrogen) atoms. The molecule has 1 fully saturated rings. The van der Waals surface area contributed by atoms with E-state index in [9.17, 15) is 23.7 Å². The molecule has 0 saturated carbocycles. The number of nitrogens with zero attached hydrogens (tertiary/aromatic N) is 4. The number of nitrogen functional groups attached to an aromatic ring is 1. The predicted octanol–water partition coefficient (Wildman–Crippen LogP) is 2.91. The number of aliphatic hydroxyl groups excluding tert-OH is 1. The molecule has 0 spiro atoms. The number of alkyl halides is 1. The van der Waals surface area contributed by atoms with Crippen molar-refractivity contribution in [2.24, 2.45) is 17.8 Å². The van der Waals surface area contributed by atoms with E-state index in [4.69, 9.17) is 29.2 Å². The molecule has 0 aliphatic carbocycles. The van der Waals surface area contributed by atoms with Gasteiger partial charge in [0.25, 0.3) is 0 Å². The third-order valence-corrected chi connectivity index (χ3v) is 9.11. The summed E-state index contributed by atoms with van der Waals surface area (Å²) in [4.78, 5) is 38.4. The summed E-state index contributed by atoms with van der Waals surface area (Å²) in [6.07, 6.45) is -1.90. The van der Waals surface area contributed by atoms with Gasteiger partial charge in [0.1, 0.15) is 18.2 Å². The maximum atomic E-state index is 14.5. The molecule has 0 amide bonds. The molecule has 3 rings (SSSR count). The third-order valence-electron chi connectivity index (χ3n) is 7.29. The lowest BCUT2D eigenvalue weighted by Crippen LogP contribution is -2.46. The SMILES string of the molecule is CCOC(=O)C(CC(C)C)NP(=O)(NC(CC(C)C)C(=O)OCC)OCC1OC(n2cnc3c(OCC)nc(N)nc32)C(O)C1CF. The maximum Gasteiger partial charge on any atom is 0.342 e. The highest BCUT2D eigenvalue weighted by Gasteiger charge is 2.47. The Morgan fingerprint density at radius 3 is 2.11 bits per heavy atom. The van der Waals surface area contributed by atoms with Crippen LogP contribution in [0, 0.1) is 17.8 Å². The molecule has 6 unspecified atom stereocenters. The van der Waals surface area contributed by atoms with Gasteiger partial charge in [0.15, 0.2) is 17.4 Å². The number of ether oxygens (including phenoxy) is 4. The van der Waals surface area contributed by atoms with E-state index < -0.39 is 69.3 Å². The summed E-state index contributed by atoms with van der Waals surface area (Å²) in [6.45, 7) is 11.5. The smallest absolute Gasteiger partial charge is 0.342 e. The van der Waals surface area contributed by atoms with Gasteiger partial charge in [-0.3, -0.25) is 23.1 Å². The zero-order valence-corrected chi connectivity index (χ0v) is 28.9. The van der Waals surface area contributed by atoms with Gasteiger partial charge in [-0.05, 0) is 45.4 Å². The van der Waals surface area contributed by atoms with Gasteiger partial charge in [0, 0.05) is 5.92 Å². The predicted molar refractivity (Wildman–Crippen MR) is 170 cm³/mol. The van der Waals surface area contributed by atoms with E-state index in [1.165, 1.54) is 10.9 Å². The Hall–Kier alpha value is -2.95. The number of imidazole rings is 1. The quantitative estimate of drug-likeness (QED) is 0.123. The highest BCUT2D eigenvalue weighted by Crippen LogP contribution is 2.44. The van der Waals surface area contributed by atoms with Gasteiger partial charge < -0.3 is 34.3 Å². The largest absolute Gasteiger partial charge is 0.476 e. The lowest BCUT2D eigenvalue weighted by atomic mass is 10.00. The minimum atomic E-state index is -4.31. The van der Waals surface area contributed by atoms with Crippen LogP contribution in [0.3, 0.4) is 0 Å². The number of anilines is 1. The second-order valence-corrected chi connectivity index (χ2v) is 13.9. The highest BCUT2D eigenvalue weighted by atomic mass is 31.2. The highest BCUT2D eigenvalue weighted by molar-refractivity contribution is 7.54. The number of nitrogens with two attached hydrogens (primary N) is 1. The van der Waals surface area contributed by atoms with Gasteiger partial charge >= 0.3 is 19.6 Å². The number of hydrogen-bond donors (Lipinski definition) is 4. The van der Waals surface area contributed by atoms with Crippen LogP contribution in [0.1, 0.15) is 67.5 Å². The standard InChI is InChI=1S/C29H49FN7O9P/c1-8-42-25-22-24(33-29(31)34-25)37(15-32-22)26-23(38)18(13-30)21(46-26)14-45-47(41,35-19(11-16(4)5)27(39)43-9-2)36-20(12-17(6)7)28(40)44-10-3/h15-21,23,26,38H,8-14H2,1-7H3,(H2,31,33,34)(H2,35,36,41). The second-order valence-electron chi connectivity index (χ2n) is 12.0. The second kappa shape index (κ2) is 17.4. The first-order valence-corrected chi connectivity index (χ1v) is 17.5. The van der Waals surface area contributed by atoms with Crippen molar-refractivity contribution in [3.63, 3.8) is 0 Å². The van der Waals surface area contributed by atoms with Gasteiger partial charge in [0.2, 0.25) is 11.8 Å². The number of hydrogen-bond acceptors (Lipinski definition) is 13. The van der Waals surface area contributed by atoms with Crippen LogP contribution in [-0.2, 0) is 32.9 Å². The van der Waals surface area contributed by atoms with E-state index in [1.54, 1.807) is 20.8 Å². The first-order valence-electron chi connectivity index (χ1n) is 15.9. The van der Waals surface area contributed by atoms with Crippen molar-refractivity contribution in [1.82, 2.24) is 29.7 Å². The number of carbonyl (C=O) groups is 2. The average Bonchev–Trinajstić information content (AvgIpc) is 3.55. The van der Waals surface area contributed by atoms with Crippen LogP contribution in [0.15, 0.2) is 6.33 Å². The Labute approximate surface area is 274 Å². The lowest BCUT2D eigenvalue weighted by Gasteiger charge is -2.30. The number of rotatable bonds is 19. The van der Waals surface area contributed by atoms with Crippen LogP contribution in [0.25, 0.3) is 11.2 Å². The van der Waals surface area contributed by atoms with E-state index in [-0.39, 0.29) is 67.5 Å². The topological polar surface area (TPSA) is 211 Å². The summed E-state index contributed by atoms with van der Waals surface area (Å²) in [5.41, 5.74) is 6.33. The maximum absolute atomic E-state index is 14.5. The number of aliphatic hydroxyl groups is 1. The van der Waals surface area contributed by atoms with E-state index in [0.717, 1.165) is 0 Å². The van der Waals surface area contributed by atoms with Crippen molar-refractivity contribution in [1.29, 1.82) is 0 Å². The number of nitrogens with one attached hydrogen (secondary N) is 2. The molecule has 266 valence electrons. The van der Waals surface area contributed by atoms with E-state index in [1.807, 2.05) is 27.7 Å². The number of esters is 2. The molecule has 16 nitrogen and oxygen atoms in total. The van der Waals surface area contributed by atoms with E-state index in [2.05, 4.69) is 25.1 Å². The van der Waals surface area contributed by atoms with Crippen LogP contribution in [-0.4, -0.2) is 94.0 Å². The molecule has 6 atom stereocenters. The van der Waals surface area contributed by atoms with Crippen molar-refractivity contribution in [3.8, 4) is 5.88 Å². The monoisotopic (exact) mass is 689 g/mol. The Morgan fingerprint density at radius 2 is 1.62 bits per heavy atom. The first-order chi connectivity index (χ1) is 22.3. The number of carbonyl (C=O) groups excluding carboxylic acids is 2. The molecule has 2 aromatic rings. The number of aromatic nitrogens is 4. The molecule has 18 heteroatoms. The zero-order valence-electron chi connectivity index (χ0n) is 28.1. The Balaban J connectivity index is 1.94. The van der Waals surface area contributed by atoms with Crippen molar-refractivity contribution >= 4 is 36.7 Å². The molecule has 3 heterocycles. The molecule has 1 aliphatic rings. The van der Waals surface area contributed by atoms with Gasteiger partial charge in [-0.15, -0.1) is 0 Å². The fraction of sp³-hybridized carbons (Fsp3) is 0.759. The minimum absolute atomic E-state index is 0.0158. The molecule has 0 radical (unpaired) electrons. The third kappa shape index (κ3) is 10.0. The van der Waals surface area contributed by atoms with Crippen LogP contribution in [0.5, 0.6) is 5.88 Å². The molecule has 5 N–H and O–H groups in total. The fourth-order valence-electron chi connectivity index (χ4n) is 5.24. The van der Waals surface area contributed by atoms with E-state index in [0.29, 0.717) is 0 Å². The van der Waals surface area contributed by atoms with Crippen molar-refractivity contribution in [2.45, 2.75) is 91.8 Å². The Bertz CT molecular complexity index is 1340. The molecular weight excluding hydrogens is 640 g/mol. The van der Waals surface area contributed by atoms with Crippen LogP contribution < -0.4 is 20.6 Å². The summed E-state index contributed by atoms with van der Waals surface area (Å²) in [7, 11) is -4.31. The van der Waals surface area contributed by atoms with Crippen molar-refractivity contribution in [3.05, 3.63) is 6.33 Å². The van der Waals surface area contributed by atoms with Gasteiger partial charge in [0.05, 0.1) is 45.5 Å². The number of fused-ring (bicyclic) bond motifs is 1. The molecule has 2 aromatic heterocycles. The lowest BCUT2D eigenvalue weighted by molar-refractivity contribution is -0.146. The van der Waals surface area contributed by atoms with Crippen LogP contribution in [0.4, 0.5) is 10.3 Å². The Morgan fingerprint density at radius 1 is 1.04 bits per heavy atom. The summed E-state index contributed by atoms with van der Waals surface area (Å²) < 4.78 is 58.3. The minimum Gasteiger partial charge on any atom is -0.476 e. The molecule has 0 bridgehead atoms. The number of halogens is 1. The van der Waals surface area contributed by atoms with Crippen molar-refractivity contribution < 1.29 is 47.1 Å².